The van der Waals surface area contributed by atoms with Gasteiger partial charge in [-0.3, -0.25) is 4.79 Å². The van der Waals surface area contributed by atoms with Crippen LogP contribution in [0.1, 0.15) is 30.0 Å². The van der Waals surface area contributed by atoms with Crippen LogP contribution in [0.3, 0.4) is 0 Å². The standard InChI is InChI=1S/C20H26N2O/c1-3-22(16-18-9-5-4-6-10-18)20(23)12-13-21-15-19-11-7-8-17(2)14-19/h4-11,14,21H,3,12-13,15-16H2,1-2H3. The first-order valence-corrected chi connectivity index (χ1v) is 8.27. The smallest absolute Gasteiger partial charge is 0.224 e. The van der Waals surface area contributed by atoms with E-state index in [4.69, 9.17) is 0 Å². The maximum absolute atomic E-state index is 12.3. The van der Waals surface area contributed by atoms with E-state index in [1.165, 1.54) is 16.7 Å². The highest BCUT2D eigenvalue weighted by Gasteiger charge is 2.11. The molecule has 0 fully saturated rings. The van der Waals surface area contributed by atoms with Gasteiger partial charge in [0.05, 0.1) is 0 Å². The summed E-state index contributed by atoms with van der Waals surface area (Å²) in [6.45, 7) is 7.06. The van der Waals surface area contributed by atoms with Crippen molar-refractivity contribution in [3.8, 4) is 0 Å². The van der Waals surface area contributed by atoms with E-state index in [1.54, 1.807) is 0 Å². The molecule has 2 aromatic rings. The molecule has 0 bridgehead atoms. The summed E-state index contributed by atoms with van der Waals surface area (Å²) in [5.74, 6) is 0.202. The summed E-state index contributed by atoms with van der Waals surface area (Å²) in [5.41, 5.74) is 3.70. The van der Waals surface area contributed by atoms with E-state index in [2.05, 4.69) is 48.6 Å². The molecule has 0 saturated carbocycles. The quantitative estimate of drug-likeness (QED) is 0.757. The first kappa shape index (κ1) is 17.2. The molecule has 122 valence electrons. The van der Waals surface area contributed by atoms with Crippen LogP contribution in [-0.2, 0) is 17.9 Å². The third kappa shape index (κ3) is 5.87. The van der Waals surface area contributed by atoms with Crippen LogP contribution < -0.4 is 5.32 Å². The van der Waals surface area contributed by atoms with E-state index in [0.717, 1.165) is 13.1 Å². The number of rotatable bonds is 8. The number of nitrogens with zero attached hydrogens (tertiary/aromatic N) is 1. The second-order valence-electron chi connectivity index (χ2n) is 5.81. The van der Waals surface area contributed by atoms with Gasteiger partial charge in [-0.15, -0.1) is 0 Å². The Morgan fingerprint density at radius 3 is 2.48 bits per heavy atom. The predicted octanol–water partition coefficient (Wildman–Crippen LogP) is 3.52. The van der Waals surface area contributed by atoms with Crippen LogP contribution in [0.25, 0.3) is 0 Å². The molecule has 1 amide bonds. The van der Waals surface area contributed by atoms with Crippen molar-refractivity contribution in [1.29, 1.82) is 0 Å². The molecule has 2 aromatic carbocycles. The number of amides is 1. The van der Waals surface area contributed by atoms with Gasteiger partial charge in [0.25, 0.3) is 0 Å². The fourth-order valence-electron chi connectivity index (χ4n) is 2.59. The predicted molar refractivity (Wildman–Crippen MR) is 95.0 cm³/mol. The molecule has 1 N–H and O–H groups in total. The fraction of sp³-hybridized carbons (Fsp3) is 0.350. The van der Waals surface area contributed by atoms with Crippen molar-refractivity contribution in [3.63, 3.8) is 0 Å². The number of benzene rings is 2. The number of hydrogen-bond acceptors (Lipinski definition) is 2. The van der Waals surface area contributed by atoms with E-state index < -0.39 is 0 Å². The van der Waals surface area contributed by atoms with Crippen LogP contribution in [0.4, 0.5) is 0 Å². The topological polar surface area (TPSA) is 32.3 Å². The minimum absolute atomic E-state index is 0.202. The van der Waals surface area contributed by atoms with Crippen LogP contribution in [0.2, 0.25) is 0 Å². The summed E-state index contributed by atoms with van der Waals surface area (Å²) in [6, 6.07) is 18.6. The summed E-state index contributed by atoms with van der Waals surface area (Å²) in [6.07, 6.45) is 0.534. The molecule has 23 heavy (non-hydrogen) atoms. The molecule has 0 aromatic heterocycles. The Labute approximate surface area is 139 Å². The summed E-state index contributed by atoms with van der Waals surface area (Å²) in [4.78, 5) is 14.2. The lowest BCUT2D eigenvalue weighted by Crippen LogP contribution is -2.32. The highest BCUT2D eigenvalue weighted by atomic mass is 16.2. The van der Waals surface area contributed by atoms with E-state index in [0.29, 0.717) is 19.5 Å². The lowest BCUT2D eigenvalue weighted by molar-refractivity contribution is -0.131. The minimum Gasteiger partial charge on any atom is -0.339 e. The van der Waals surface area contributed by atoms with E-state index in [1.807, 2.05) is 30.0 Å². The molecular formula is C20H26N2O. The van der Waals surface area contributed by atoms with Gasteiger partial charge in [0.2, 0.25) is 5.91 Å². The van der Waals surface area contributed by atoms with E-state index >= 15 is 0 Å². The SMILES string of the molecule is CCN(Cc1ccccc1)C(=O)CCNCc1cccc(C)c1. The van der Waals surface area contributed by atoms with Crippen molar-refractivity contribution >= 4 is 5.91 Å². The lowest BCUT2D eigenvalue weighted by atomic mass is 10.1. The Morgan fingerprint density at radius 2 is 1.78 bits per heavy atom. The fourth-order valence-corrected chi connectivity index (χ4v) is 2.59. The van der Waals surface area contributed by atoms with Crippen molar-refractivity contribution in [2.45, 2.75) is 33.4 Å². The van der Waals surface area contributed by atoms with Crippen LogP contribution >= 0.6 is 0 Å². The summed E-state index contributed by atoms with van der Waals surface area (Å²) >= 11 is 0. The van der Waals surface area contributed by atoms with Crippen LogP contribution in [0, 0.1) is 6.92 Å². The molecule has 3 heteroatoms. The number of hydrogen-bond donors (Lipinski definition) is 1. The Kier molecular flexibility index (Phi) is 6.82. The Hall–Kier alpha value is -2.13. The molecular weight excluding hydrogens is 284 g/mol. The van der Waals surface area contributed by atoms with Gasteiger partial charge in [-0.05, 0) is 25.0 Å². The average molecular weight is 310 g/mol. The van der Waals surface area contributed by atoms with Gasteiger partial charge in [-0.2, -0.15) is 0 Å². The Bertz CT molecular complexity index is 610. The van der Waals surface area contributed by atoms with Gasteiger partial charge in [-0.1, -0.05) is 60.2 Å². The zero-order chi connectivity index (χ0) is 16.5. The molecule has 0 saturated heterocycles. The van der Waals surface area contributed by atoms with Crippen molar-refractivity contribution in [2.75, 3.05) is 13.1 Å². The third-order valence-corrected chi connectivity index (χ3v) is 3.88. The maximum atomic E-state index is 12.3. The molecule has 0 heterocycles. The number of carbonyl (C=O) groups excluding carboxylic acids is 1. The van der Waals surface area contributed by atoms with Gasteiger partial charge in [-0.25, -0.2) is 0 Å². The van der Waals surface area contributed by atoms with Crippen LogP contribution in [-0.4, -0.2) is 23.9 Å². The minimum atomic E-state index is 0.202. The molecule has 0 unspecified atom stereocenters. The Morgan fingerprint density at radius 1 is 1.04 bits per heavy atom. The molecule has 3 nitrogen and oxygen atoms in total. The second kappa shape index (κ2) is 9.11. The summed E-state index contributed by atoms with van der Waals surface area (Å²) in [5, 5.41) is 3.36. The number of nitrogens with one attached hydrogen (secondary N) is 1. The first-order valence-electron chi connectivity index (χ1n) is 8.27. The van der Waals surface area contributed by atoms with Gasteiger partial charge < -0.3 is 10.2 Å². The second-order valence-corrected chi connectivity index (χ2v) is 5.81. The zero-order valence-electron chi connectivity index (χ0n) is 14.1. The van der Waals surface area contributed by atoms with Crippen LogP contribution in [0.5, 0.6) is 0 Å². The molecule has 0 aliphatic rings. The highest BCUT2D eigenvalue weighted by Crippen LogP contribution is 2.06. The normalized spacial score (nSPS) is 10.5. The first-order chi connectivity index (χ1) is 11.2. The van der Waals surface area contributed by atoms with Crippen molar-refractivity contribution in [3.05, 3.63) is 71.3 Å². The molecule has 0 atom stereocenters. The molecule has 2 rings (SSSR count). The monoisotopic (exact) mass is 310 g/mol. The maximum Gasteiger partial charge on any atom is 0.224 e. The highest BCUT2D eigenvalue weighted by molar-refractivity contribution is 5.76. The molecule has 0 radical (unpaired) electrons. The summed E-state index contributed by atoms with van der Waals surface area (Å²) < 4.78 is 0. The molecule has 0 aliphatic carbocycles. The van der Waals surface area contributed by atoms with Crippen LogP contribution in [0.15, 0.2) is 54.6 Å². The van der Waals surface area contributed by atoms with Crippen molar-refractivity contribution < 1.29 is 4.79 Å². The van der Waals surface area contributed by atoms with E-state index in [9.17, 15) is 4.79 Å². The average Bonchev–Trinajstić information content (AvgIpc) is 2.57. The number of carbonyl (C=O) groups is 1. The van der Waals surface area contributed by atoms with Crippen molar-refractivity contribution in [2.24, 2.45) is 0 Å². The van der Waals surface area contributed by atoms with Gasteiger partial charge >= 0.3 is 0 Å². The van der Waals surface area contributed by atoms with E-state index in [-0.39, 0.29) is 5.91 Å². The third-order valence-electron chi connectivity index (χ3n) is 3.88. The van der Waals surface area contributed by atoms with Gasteiger partial charge in [0.1, 0.15) is 0 Å². The largest absolute Gasteiger partial charge is 0.339 e. The van der Waals surface area contributed by atoms with Crippen molar-refractivity contribution in [1.82, 2.24) is 10.2 Å². The van der Waals surface area contributed by atoms with Gasteiger partial charge in [0.15, 0.2) is 0 Å². The number of aryl methyl sites for hydroxylation is 1. The molecule has 0 spiro atoms. The van der Waals surface area contributed by atoms with Gasteiger partial charge in [0, 0.05) is 32.6 Å². The molecule has 0 aliphatic heterocycles. The Balaban J connectivity index is 1.74. The zero-order valence-corrected chi connectivity index (χ0v) is 14.1. The lowest BCUT2D eigenvalue weighted by Gasteiger charge is -2.21. The summed E-state index contributed by atoms with van der Waals surface area (Å²) in [7, 11) is 0.